The zero-order chi connectivity index (χ0) is 27.1. The van der Waals surface area contributed by atoms with Gasteiger partial charge in [0.15, 0.2) is 0 Å². The lowest BCUT2D eigenvalue weighted by molar-refractivity contribution is -0.384. The van der Waals surface area contributed by atoms with Crippen LogP contribution in [0.4, 0.5) is 11.4 Å². The predicted molar refractivity (Wildman–Crippen MR) is 131 cm³/mol. The summed E-state index contributed by atoms with van der Waals surface area (Å²) in [5.74, 6) is -5.28. The summed E-state index contributed by atoms with van der Waals surface area (Å²) >= 11 is 11.6. The summed E-state index contributed by atoms with van der Waals surface area (Å²) in [6.07, 6.45) is -4.49. The van der Waals surface area contributed by atoms with Crippen LogP contribution in [0, 0.1) is 10.1 Å². The number of nitro groups is 1. The van der Waals surface area contributed by atoms with Crippen LogP contribution in [0.5, 0.6) is 0 Å². The number of esters is 2. The lowest BCUT2D eigenvalue weighted by Crippen LogP contribution is -2.48. The Bertz CT molecular complexity index is 1350. The summed E-state index contributed by atoms with van der Waals surface area (Å²) in [5.41, 5.74) is -0.625. The van der Waals surface area contributed by atoms with E-state index in [-0.39, 0.29) is 22.5 Å². The van der Waals surface area contributed by atoms with Crippen molar-refractivity contribution in [3.05, 3.63) is 104 Å². The van der Waals surface area contributed by atoms with Crippen LogP contribution in [-0.2, 0) is 19.1 Å². The maximum Gasteiger partial charge on any atom is 0.349 e. The molecule has 0 aliphatic heterocycles. The van der Waals surface area contributed by atoms with Gasteiger partial charge in [-0.3, -0.25) is 14.9 Å². The minimum atomic E-state index is -2.29. The SMILES string of the molecule is O=C(O[C@@H](C(=O)O)[C@@H](OC(=O)c1ccc(Cl)cc1)C(=O)Nc1cccc([N+](=O)[O-])c1)c1ccc(Cl)cc1. The number of benzene rings is 3. The Kier molecular flexibility index (Phi) is 8.77. The predicted octanol–water partition coefficient (Wildman–Crippen LogP) is 4.38. The van der Waals surface area contributed by atoms with Crippen LogP contribution in [0.3, 0.4) is 0 Å². The average molecular weight is 547 g/mol. The zero-order valence-electron chi connectivity index (χ0n) is 18.5. The van der Waals surface area contributed by atoms with Gasteiger partial charge in [0.1, 0.15) is 0 Å². The highest BCUT2D eigenvalue weighted by Crippen LogP contribution is 2.20. The number of carbonyl (C=O) groups is 4. The van der Waals surface area contributed by atoms with E-state index in [1.165, 1.54) is 66.7 Å². The van der Waals surface area contributed by atoms with E-state index in [9.17, 15) is 34.4 Å². The number of nitrogens with zero attached hydrogens (tertiary/aromatic N) is 1. The number of hydrogen-bond acceptors (Lipinski definition) is 8. The second kappa shape index (κ2) is 12.0. The molecule has 37 heavy (non-hydrogen) atoms. The van der Waals surface area contributed by atoms with Crippen LogP contribution in [0.25, 0.3) is 0 Å². The second-order valence-corrected chi connectivity index (χ2v) is 8.17. The number of ether oxygens (including phenoxy) is 2. The summed E-state index contributed by atoms with van der Waals surface area (Å²) in [6.45, 7) is 0. The summed E-state index contributed by atoms with van der Waals surface area (Å²) in [4.78, 5) is 60.7. The van der Waals surface area contributed by atoms with Crippen LogP contribution in [-0.4, -0.2) is 46.1 Å². The number of non-ortho nitro benzene ring substituents is 1. The first-order valence-corrected chi connectivity index (χ1v) is 11.0. The van der Waals surface area contributed by atoms with Crippen LogP contribution in [0.15, 0.2) is 72.8 Å². The third kappa shape index (κ3) is 7.26. The zero-order valence-corrected chi connectivity index (χ0v) is 20.0. The van der Waals surface area contributed by atoms with E-state index in [1.807, 2.05) is 0 Å². The number of carbonyl (C=O) groups excluding carboxylic acids is 3. The quantitative estimate of drug-likeness (QED) is 0.225. The molecule has 1 amide bonds. The van der Waals surface area contributed by atoms with Gasteiger partial charge in [0.2, 0.25) is 12.2 Å². The Morgan fingerprint density at radius 3 is 1.76 bits per heavy atom. The van der Waals surface area contributed by atoms with E-state index in [1.54, 1.807) is 0 Å². The summed E-state index contributed by atoms with van der Waals surface area (Å²) in [6, 6.07) is 15.3. The third-order valence-corrected chi connectivity index (χ3v) is 5.23. The van der Waals surface area contributed by atoms with Gasteiger partial charge in [-0.25, -0.2) is 14.4 Å². The molecule has 3 aromatic carbocycles. The third-order valence-electron chi connectivity index (χ3n) is 4.73. The topological polar surface area (TPSA) is 162 Å². The lowest BCUT2D eigenvalue weighted by atomic mass is 10.1. The van der Waals surface area contributed by atoms with Gasteiger partial charge in [-0.15, -0.1) is 0 Å². The number of aliphatic carboxylic acids is 1. The smallest absolute Gasteiger partial charge is 0.349 e. The molecular formula is C24H16Cl2N2O9. The van der Waals surface area contributed by atoms with Crippen LogP contribution in [0.1, 0.15) is 20.7 Å². The summed E-state index contributed by atoms with van der Waals surface area (Å²) in [5, 5.41) is 23.7. The standard InChI is InChI=1S/C24H16Cl2N2O9/c25-15-8-4-13(5-9-15)23(32)36-19(21(29)27-17-2-1-3-18(12-17)28(34)35)20(22(30)31)37-24(33)14-6-10-16(26)11-7-14/h1-12,19-20H,(H,27,29)(H,30,31)/t19-,20-/m1/s1. The van der Waals surface area contributed by atoms with Crippen LogP contribution in [0.2, 0.25) is 10.0 Å². The van der Waals surface area contributed by atoms with E-state index in [0.717, 1.165) is 6.07 Å². The lowest BCUT2D eigenvalue weighted by Gasteiger charge is -2.23. The van der Waals surface area contributed by atoms with Crippen molar-refractivity contribution in [3.8, 4) is 0 Å². The number of anilines is 1. The number of nitro benzene ring substituents is 1. The summed E-state index contributed by atoms with van der Waals surface area (Å²) in [7, 11) is 0. The first-order valence-electron chi connectivity index (χ1n) is 10.3. The van der Waals surface area contributed by atoms with Crippen LogP contribution < -0.4 is 5.32 Å². The van der Waals surface area contributed by atoms with E-state index in [2.05, 4.69) is 5.32 Å². The van der Waals surface area contributed by atoms with E-state index >= 15 is 0 Å². The Hall–Kier alpha value is -4.48. The molecule has 0 radical (unpaired) electrons. The van der Waals surface area contributed by atoms with Crippen molar-refractivity contribution >= 4 is 58.4 Å². The minimum absolute atomic E-state index is 0.0780. The fraction of sp³-hybridized carbons (Fsp3) is 0.0833. The van der Waals surface area contributed by atoms with Gasteiger partial charge >= 0.3 is 17.9 Å². The molecule has 0 saturated carbocycles. The molecule has 0 heterocycles. The van der Waals surface area contributed by atoms with Crippen LogP contribution >= 0.6 is 23.2 Å². The maximum absolute atomic E-state index is 13.1. The number of nitrogens with one attached hydrogen (secondary N) is 1. The second-order valence-electron chi connectivity index (χ2n) is 7.30. The minimum Gasteiger partial charge on any atom is -0.478 e. The molecule has 190 valence electrons. The van der Waals surface area contributed by atoms with Gasteiger partial charge in [-0.1, -0.05) is 29.3 Å². The van der Waals surface area contributed by atoms with Crippen molar-refractivity contribution in [3.63, 3.8) is 0 Å². The molecule has 0 bridgehead atoms. The molecule has 0 spiro atoms. The summed E-state index contributed by atoms with van der Waals surface area (Å²) < 4.78 is 10.2. The number of halogens is 2. The fourth-order valence-electron chi connectivity index (χ4n) is 2.94. The Labute approximate surface area is 218 Å². The highest BCUT2D eigenvalue weighted by molar-refractivity contribution is 6.31. The molecule has 2 atom stereocenters. The normalized spacial score (nSPS) is 12.1. The highest BCUT2D eigenvalue weighted by Gasteiger charge is 2.41. The van der Waals surface area contributed by atoms with Crippen molar-refractivity contribution in [2.75, 3.05) is 5.32 Å². The molecule has 13 heteroatoms. The van der Waals surface area contributed by atoms with E-state index in [4.69, 9.17) is 32.7 Å². The van der Waals surface area contributed by atoms with E-state index < -0.39 is 40.9 Å². The molecule has 0 aliphatic carbocycles. The molecule has 2 N–H and O–H groups in total. The number of carboxylic acids is 1. The molecule has 0 unspecified atom stereocenters. The van der Waals surface area contributed by atoms with E-state index in [0.29, 0.717) is 10.0 Å². The number of hydrogen-bond donors (Lipinski definition) is 2. The van der Waals surface area contributed by atoms with Gasteiger partial charge in [-0.2, -0.15) is 0 Å². The van der Waals surface area contributed by atoms with Gasteiger partial charge in [0.05, 0.1) is 16.1 Å². The molecular weight excluding hydrogens is 531 g/mol. The van der Waals surface area contributed by atoms with Crippen molar-refractivity contribution in [1.29, 1.82) is 0 Å². The molecule has 0 saturated heterocycles. The van der Waals surface area contributed by atoms with Crippen molar-refractivity contribution < 1.29 is 38.7 Å². The maximum atomic E-state index is 13.1. The Morgan fingerprint density at radius 1 is 0.811 bits per heavy atom. The fourth-order valence-corrected chi connectivity index (χ4v) is 3.20. The monoisotopic (exact) mass is 546 g/mol. The van der Waals surface area contributed by atoms with Gasteiger partial charge < -0.3 is 19.9 Å². The molecule has 0 aromatic heterocycles. The average Bonchev–Trinajstić information content (AvgIpc) is 2.86. The van der Waals surface area contributed by atoms with Gasteiger partial charge in [-0.05, 0) is 54.6 Å². The molecule has 11 nitrogen and oxygen atoms in total. The van der Waals surface area contributed by atoms with Crippen molar-refractivity contribution in [2.24, 2.45) is 0 Å². The molecule has 3 aromatic rings. The largest absolute Gasteiger partial charge is 0.478 e. The number of amides is 1. The van der Waals surface area contributed by atoms with Crippen molar-refractivity contribution in [2.45, 2.75) is 12.2 Å². The first-order chi connectivity index (χ1) is 17.5. The highest BCUT2D eigenvalue weighted by atomic mass is 35.5. The first kappa shape index (κ1) is 27.1. The molecule has 0 aliphatic rings. The van der Waals surface area contributed by atoms with Gasteiger partial charge in [0.25, 0.3) is 11.6 Å². The van der Waals surface area contributed by atoms with Gasteiger partial charge in [0, 0.05) is 27.9 Å². The Balaban J connectivity index is 1.92. The molecule has 3 rings (SSSR count). The van der Waals surface area contributed by atoms with Crippen molar-refractivity contribution in [1.82, 2.24) is 0 Å². The number of carboxylic acid groups (broad SMARTS) is 1. The Morgan fingerprint density at radius 2 is 1.30 bits per heavy atom. The molecule has 0 fully saturated rings. The number of rotatable bonds is 9.